The Labute approximate surface area is 153 Å². The Bertz CT molecular complexity index is 894. The molecule has 0 saturated carbocycles. The van der Waals surface area contributed by atoms with Crippen molar-refractivity contribution in [2.75, 3.05) is 5.32 Å². The number of nitrogens with one attached hydrogen (secondary N) is 1. The second kappa shape index (κ2) is 7.68. The molecule has 0 aliphatic heterocycles. The Kier molecular flexibility index (Phi) is 5.37. The Morgan fingerprint density at radius 1 is 0.960 bits per heavy atom. The summed E-state index contributed by atoms with van der Waals surface area (Å²) in [5.74, 6) is -0.0193. The summed E-state index contributed by atoms with van der Waals surface area (Å²) in [5, 5.41) is 8.03. The number of hydrogen-bond donors (Lipinski definition) is 2. The summed E-state index contributed by atoms with van der Waals surface area (Å²) in [5.41, 5.74) is 1.85. The first-order chi connectivity index (χ1) is 12.0. The second-order valence-electron chi connectivity index (χ2n) is 6.34. The Balaban J connectivity index is 1.66. The van der Waals surface area contributed by atoms with Crippen LogP contribution in [0.1, 0.15) is 25.5 Å². The van der Waals surface area contributed by atoms with E-state index >= 15 is 0 Å². The Morgan fingerprint density at radius 2 is 1.64 bits per heavy atom. The minimum atomic E-state index is -0.224. The van der Waals surface area contributed by atoms with E-state index in [1.807, 2.05) is 72.9 Å². The third kappa shape index (κ3) is 4.19. The summed E-state index contributed by atoms with van der Waals surface area (Å²) in [7, 11) is 0. The van der Waals surface area contributed by atoms with Crippen molar-refractivity contribution in [3.8, 4) is 0 Å². The van der Waals surface area contributed by atoms with E-state index in [0.29, 0.717) is 0 Å². The van der Waals surface area contributed by atoms with E-state index in [1.165, 1.54) is 0 Å². The smallest absolute Gasteiger partial charge is 0.282 e. The maximum atomic E-state index is 12.5. The predicted molar refractivity (Wildman–Crippen MR) is 104 cm³/mol. The fourth-order valence-corrected chi connectivity index (χ4v) is 3.30. The Morgan fingerprint density at radius 3 is 2.40 bits per heavy atom. The standard InChI is InChI=1S/C21H21ClN2O/c1-14(19-9-5-6-10-20(19)22)23-15(2)21(25)24-18-12-11-16-7-3-4-8-17(16)13-18/h3-15,23H,1-2H3,(H,24,25)/p+1/t14-,15+/m1/s1. The van der Waals surface area contributed by atoms with Crippen LogP contribution >= 0.6 is 11.6 Å². The summed E-state index contributed by atoms with van der Waals surface area (Å²) in [6, 6.07) is 21.7. The van der Waals surface area contributed by atoms with Gasteiger partial charge in [0.05, 0.1) is 0 Å². The molecule has 0 unspecified atom stereocenters. The quantitative estimate of drug-likeness (QED) is 0.711. The molecule has 3 aromatic rings. The lowest BCUT2D eigenvalue weighted by molar-refractivity contribution is -0.709. The summed E-state index contributed by atoms with van der Waals surface area (Å²) >= 11 is 6.25. The molecule has 0 heterocycles. The molecule has 1 amide bonds. The molecule has 3 aromatic carbocycles. The van der Waals surface area contributed by atoms with Crippen molar-refractivity contribution < 1.29 is 10.1 Å². The topological polar surface area (TPSA) is 45.7 Å². The summed E-state index contributed by atoms with van der Waals surface area (Å²) in [4.78, 5) is 12.5. The van der Waals surface area contributed by atoms with E-state index in [2.05, 4.69) is 18.3 Å². The van der Waals surface area contributed by atoms with Gasteiger partial charge in [-0.2, -0.15) is 0 Å². The second-order valence-corrected chi connectivity index (χ2v) is 6.75. The minimum Gasteiger partial charge on any atom is -0.330 e. The number of carbonyl (C=O) groups is 1. The van der Waals surface area contributed by atoms with Crippen LogP contribution in [0.15, 0.2) is 66.7 Å². The highest BCUT2D eigenvalue weighted by molar-refractivity contribution is 6.31. The number of hydrogen-bond acceptors (Lipinski definition) is 1. The lowest BCUT2D eigenvalue weighted by atomic mass is 10.1. The van der Waals surface area contributed by atoms with Gasteiger partial charge in [0.1, 0.15) is 6.04 Å². The molecule has 0 aromatic heterocycles. The average Bonchev–Trinajstić information content (AvgIpc) is 2.61. The number of quaternary nitrogens is 1. The monoisotopic (exact) mass is 353 g/mol. The van der Waals surface area contributed by atoms with Crippen LogP contribution in [0.3, 0.4) is 0 Å². The number of nitrogens with two attached hydrogens (primary N) is 1. The molecule has 0 aliphatic carbocycles. The number of carbonyl (C=O) groups excluding carboxylic acids is 1. The third-order valence-corrected chi connectivity index (χ3v) is 4.75. The third-order valence-electron chi connectivity index (χ3n) is 4.40. The van der Waals surface area contributed by atoms with Crippen LogP contribution in [-0.4, -0.2) is 11.9 Å². The first-order valence-corrected chi connectivity index (χ1v) is 8.81. The molecule has 0 saturated heterocycles. The van der Waals surface area contributed by atoms with Crippen molar-refractivity contribution in [3.63, 3.8) is 0 Å². The molecule has 25 heavy (non-hydrogen) atoms. The molecule has 3 rings (SSSR count). The molecule has 0 radical (unpaired) electrons. The van der Waals surface area contributed by atoms with Crippen LogP contribution in [-0.2, 0) is 4.79 Å². The van der Waals surface area contributed by atoms with Crippen LogP contribution < -0.4 is 10.6 Å². The molecule has 128 valence electrons. The minimum absolute atomic E-state index is 0.0193. The van der Waals surface area contributed by atoms with Crippen molar-refractivity contribution >= 4 is 34.0 Å². The van der Waals surface area contributed by atoms with Gasteiger partial charge in [-0.15, -0.1) is 0 Å². The molecule has 0 fully saturated rings. The van der Waals surface area contributed by atoms with Crippen molar-refractivity contribution in [1.29, 1.82) is 0 Å². The zero-order valence-corrected chi connectivity index (χ0v) is 15.1. The Hall–Kier alpha value is -2.36. The van der Waals surface area contributed by atoms with Gasteiger partial charge in [0.2, 0.25) is 0 Å². The van der Waals surface area contributed by atoms with Gasteiger partial charge in [-0.1, -0.05) is 60.1 Å². The zero-order valence-electron chi connectivity index (χ0n) is 14.4. The van der Waals surface area contributed by atoms with Crippen molar-refractivity contribution in [1.82, 2.24) is 0 Å². The van der Waals surface area contributed by atoms with E-state index in [9.17, 15) is 4.79 Å². The van der Waals surface area contributed by atoms with Crippen LogP contribution in [0.4, 0.5) is 5.69 Å². The normalized spacial score (nSPS) is 13.4. The van der Waals surface area contributed by atoms with Gasteiger partial charge in [-0.05, 0) is 42.8 Å². The van der Waals surface area contributed by atoms with Gasteiger partial charge in [-0.3, -0.25) is 4.79 Å². The molecule has 4 heteroatoms. The maximum Gasteiger partial charge on any atom is 0.282 e. The number of rotatable bonds is 5. The lowest BCUT2D eigenvalue weighted by Gasteiger charge is -2.18. The van der Waals surface area contributed by atoms with Crippen molar-refractivity contribution in [3.05, 3.63) is 77.3 Å². The molecular formula is C21H22ClN2O+. The van der Waals surface area contributed by atoms with Crippen LogP contribution in [0.2, 0.25) is 5.02 Å². The average molecular weight is 354 g/mol. The van der Waals surface area contributed by atoms with Crippen LogP contribution in [0.5, 0.6) is 0 Å². The van der Waals surface area contributed by atoms with Crippen LogP contribution in [0.25, 0.3) is 10.8 Å². The molecule has 0 aliphatic rings. The highest BCUT2D eigenvalue weighted by Crippen LogP contribution is 2.20. The first-order valence-electron chi connectivity index (χ1n) is 8.43. The predicted octanol–water partition coefficient (Wildman–Crippen LogP) is 4.14. The van der Waals surface area contributed by atoms with Gasteiger partial charge in [0, 0.05) is 16.3 Å². The van der Waals surface area contributed by atoms with E-state index in [1.54, 1.807) is 0 Å². The number of halogens is 1. The van der Waals surface area contributed by atoms with Gasteiger partial charge in [0.25, 0.3) is 5.91 Å². The van der Waals surface area contributed by atoms with E-state index in [0.717, 1.165) is 27.0 Å². The van der Waals surface area contributed by atoms with E-state index in [4.69, 9.17) is 11.6 Å². The highest BCUT2D eigenvalue weighted by atomic mass is 35.5. The largest absolute Gasteiger partial charge is 0.330 e. The molecular weight excluding hydrogens is 332 g/mol. The fourth-order valence-electron chi connectivity index (χ4n) is 2.99. The van der Waals surface area contributed by atoms with Gasteiger partial charge >= 0.3 is 0 Å². The van der Waals surface area contributed by atoms with Gasteiger partial charge < -0.3 is 10.6 Å². The molecule has 3 nitrogen and oxygen atoms in total. The summed E-state index contributed by atoms with van der Waals surface area (Å²) < 4.78 is 0. The van der Waals surface area contributed by atoms with Crippen molar-refractivity contribution in [2.45, 2.75) is 25.9 Å². The van der Waals surface area contributed by atoms with E-state index in [-0.39, 0.29) is 18.0 Å². The first kappa shape index (κ1) is 17.5. The zero-order chi connectivity index (χ0) is 17.8. The molecule has 0 bridgehead atoms. The fraction of sp³-hybridized carbons (Fsp3) is 0.190. The van der Waals surface area contributed by atoms with E-state index < -0.39 is 0 Å². The number of amides is 1. The SMILES string of the molecule is C[C@H]([NH2+][C@H](C)c1ccccc1Cl)C(=O)Nc1ccc2ccccc2c1. The molecule has 0 spiro atoms. The molecule has 3 N–H and O–H groups in total. The van der Waals surface area contributed by atoms with Gasteiger partial charge in [-0.25, -0.2) is 0 Å². The molecule has 2 atom stereocenters. The lowest BCUT2D eigenvalue weighted by Crippen LogP contribution is -2.91. The summed E-state index contributed by atoms with van der Waals surface area (Å²) in [6.45, 7) is 3.96. The summed E-state index contributed by atoms with van der Waals surface area (Å²) in [6.07, 6.45) is 0. The number of fused-ring (bicyclic) bond motifs is 1. The van der Waals surface area contributed by atoms with Crippen molar-refractivity contribution in [2.24, 2.45) is 0 Å². The van der Waals surface area contributed by atoms with Gasteiger partial charge in [0.15, 0.2) is 6.04 Å². The van der Waals surface area contributed by atoms with Crippen LogP contribution in [0, 0.1) is 0 Å². The number of anilines is 1. The highest BCUT2D eigenvalue weighted by Gasteiger charge is 2.21. The maximum absolute atomic E-state index is 12.5. The number of benzene rings is 3.